The van der Waals surface area contributed by atoms with Gasteiger partial charge in [-0.3, -0.25) is 0 Å². The zero-order valence-electron chi connectivity index (χ0n) is 11.6. The summed E-state index contributed by atoms with van der Waals surface area (Å²) in [5.74, 6) is 0. The number of ether oxygens (including phenoxy) is 1. The van der Waals surface area contributed by atoms with Crippen molar-refractivity contribution < 1.29 is 13.9 Å². The Morgan fingerprint density at radius 1 is 1.29 bits per heavy atom. The van der Waals surface area contributed by atoms with Crippen LogP contribution in [-0.4, -0.2) is 30.5 Å². The number of hydrogen-bond donors (Lipinski definition) is 2. The average Bonchev–Trinajstić information content (AvgIpc) is 2.08. The van der Waals surface area contributed by atoms with Crippen molar-refractivity contribution in [3.63, 3.8) is 0 Å². The van der Waals surface area contributed by atoms with Crippen molar-refractivity contribution in [2.24, 2.45) is 11.1 Å². The van der Waals surface area contributed by atoms with Crippen LogP contribution in [0.15, 0.2) is 0 Å². The Morgan fingerprint density at radius 3 is 2.06 bits per heavy atom. The van der Waals surface area contributed by atoms with E-state index in [-0.39, 0.29) is 6.54 Å². The Labute approximate surface area is 103 Å². The second kappa shape index (κ2) is 5.67. The lowest BCUT2D eigenvalue weighted by Gasteiger charge is -2.34. The van der Waals surface area contributed by atoms with Crippen LogP contribution in [0.25, 0.3) is 0 Å². The van der Waals surface area contributed by atoms with E-state index < -0.39 is 29.3 Å². The van der Waals surface area contributed by atoms with Crippen molar-refractivity contribution in [1.29, 1.82) is 0 Å². The number of amides is 1. The van der Waals surface area contributed by atoms with Gasteiger partial charge in [0.05, 0.1) is 6.04 Å². The maximum Gasteiger partial charge on any atom is 0.407 e. The van der Waals surface area contributed by atoms with E-state index >= 15 is 0 Å². The summed E-state index contributed by atoms with van der Waals surface area (Å²) >= 11 is 0. The molecule has 0 rings (SSSR count). The van der Waals surface area contributed by atoms with Crippen molar-refractivity contribution in [3.05, 3.63) is 0 Å². The Kier molecular flexibility index (Phi) is 5.39. The van der Waals surface area contributed by atoms with Crippen LogP contribution in [0.1, 0.15) is 41.5 Å². The largest absolute Gasteiger partial charge is 0.444 e. The van der Waals surface area contributed by atoms with E-state index in [4.69, 9.17) is 10.5 Å². The molecule has 0 bridgehead atoms. The lowest BCUT2D eigenvalue weighted by Crippen LogP contribution is -2.52. The van der Waals surface area contributed by atoms with Crippen LogP contribution < -0.4 is 11.1 Å². The van der Waals surface area contributed by atoms with E-state index in [0.717, 1.165) is 0 Å². The van der Waals surface area contributed by atoms with Gasteiger partial charge in [0.2, 0.25) is 0 Å². The molecule has 2 atom stereocenters. The molecule has 0 aliphatic heterocycles. The summed E-state index contributed by atoms with van der Waals surface area (Å²) in [6, 6.07) is -0.664. The van der Waals surface area contributed by atoms with E-state index in [2.05, 4.69) is 5.32 Å². The predicted octanol–water partition coefficient (Wildman–Crippen LogP) is 2.22. The molecular formula is C12H25FN2O2. The van der Waals surface area contributed by atoms with E-state index in [1.807, 2.05) is 20.8 Å². The SMILES string of the molecule is CC(C)(C)OC(=O)NC(C(F)CN)C(C)(C)C. The summed E-state index contributed by atoms with van der Waals surface area (Å²) in [5, 5.41) is 2.55. The highest BCUT2D eigenvalue weighted by atomic mass is 19.1. The van der Waals surface area contributed by atoms with Gasteiger partial charge in [-0.05, 0) is 26.2 Å². The lowest BCUT2D eigenvalue weighted by molar-refractivity contribution is 0.0402. The van der Waals surface area contributed by atoms with Crippen LogP contribution in [0.4, 0.5) is 9.18 Å². The maximum absolute atomic E-state index is 13.7. The first-order valence-corrected chi connectivity index (χ1v) is 5.81. The third-order valence-electron chi connectivity index (χ3n) is 2.19. The van der Waals surface area contributed by atoms with E-state index in [1.165, 1.54) is 0 Å². The Balaban J connectivity index is 4.61. The van der Waals surface area contributed by atoms with Gasteiger partial charge in [0.25, 0.3) is 0 Å². The van der Waals surface area contributed by atoms with Gasteiger partial charge in [0.15, 0.2) is 0 Å². The minimum absolute atomic E-state index is 0.127. The molecule has 0 aromatic rings. The standard InChI is InChI=1S/C12H25FN2O2/c1-11(2,3)9(8(13)7-14)15-10(16)17-12(4,5)6/h8-9H,7,14H2,1-6H3,(H,15,16). The highest BCUT2D eigenvalue weighted by molar-refractivity contribution is 5.68. The molecule has 17 heavy (non-hydrogen) atoms. The van der Waals surface area contributed by atoms with Gasteiger partial charge in [-0.25, -0.2) is 9.18 Å². The maximum atomic E-state index is 13.7. The predicted molar refractivity (Wildman–Crippen MR) is 66.6 cm³/mol. The molecule has 0 radical (unpaired) electrons. The van der Waals surface area contributed by atoms with Gasteiger partial charge in [-0.15, -0.1) is 0 Å². The number of carbonyl (C=O) groups excluding carboxylic acids is 1. The first kappa shape index (κ1) is 16.2. The number of alkyl carbamates (subject to hydrolysis) is 1. The number of halogens is 1. The Hall–Kier alpha value is -0.840. The molecule has 102 valence electrons. The number of nitrogens with two attached hydrogens (primary N) is 1. The molecule has 4 nitrogen and oxygen atoms in total. The van der Waals surface area contributed by atoms with Crippen LogP contribution in [0.3, 0.4) is 0 Å². The second-order valence-corrected chi connectivity index (χ2v) is 6.24. The van der Waals surface area contributed by atoms with Crippen molar-refractivity contribution in [2.75, 3.05) is 6.54 Å². The summed E-state index contributed by atoms with van der Waals surface area (Å²) in [6.45, 7) is 10.7. The fourth-order valence-electron chi connectivity index (χ4n) is 1.42. The highest BCUT2D eigenvalue weighted by Crippen LogP contribution is 2.23. The zero-order chi connectivity index (χ0) is 13.9. The highest BCUT2D eigenvalue weighted by Gasteiger charge is 2.34. The van der Waals surface area contributed by atoms with Gasteiger partial charge in [-0.1, -0.05) is 20.8 Å². The minimum atomic E-state index is -1.29. The molecule has 2 unspecified atom stereocenters. The average molecular weight is 248 g/mol. The van der Waals surface area contributed by atoms with E-state index in [0.29, 0.717) is 0 Å². The minimum Gasteiger partial charge on any atom is -0.444 e. The van der Waals surface area contributed by atoms with Gasteiger partial charge in [0, 0.05) is 6.54 Å². The molecule has 0 heterocycles. The van der Waals surface area contributed by atoms with Crippen LogP contribution in [-0.2, 0) is 4.74 Å². The number of rotatable bonds is 3. The van der Waals surface area contributed by atoms with Gasteiger partial charge in [-0.2, -0.15) is 0 Å². The van der Waals surface area contributed by atoms with Crippen molar-refractivity contribution >= 4 is 6.09 Å². The van der Waals surface area contributed by atoms with E-state index in [9.17, 15) is 9.18 Å². The van der Waals surface area contributed by atoms with Crippen LogP contribution in [0, 0.1) is 5.41 Å². The molecule has 0 aromatic carbocycles. The fraction of sp³-hybridized carbons (Fsp3) is 0.917. The molecule has 1 amide bonds. The number of hydrogen-bond acceptors (Lipinski definition) is 3. The van der Waals surface area contributed by atoms with Crippen molar-refractivity contribution in [2.45, 2.75) is 59.4 Å². The first-order valence-electron chi connectivity index (χ1n) is 5.81. The Bertz CT molecular complexity index is 256. The second-order valence-electron chi connectivity index (χ2n) is 6.24. The lowest BCUT2D eigenvalue weighted by atomic mass is 9.84. The molecule has 5 heteroatoms. The zero-order valence-corrected chi connectivity index (χ0v) is 11.6. The fourth-order valence-corrected chi connectivity index (χ4v) is 1.42. The summed E-state index contributed by atoms with van der Waals surface area (Å²) in [4.78, 5) is 11.6. The summed E-state index contributed by atoms with van der Waals surface area (Å²) in [7, 11) is 0. The van der Waals surface area contributed by atoms with Crippen LogP contribution >= 0.6 is 0 Å². The van der Waals surface area contributed by atoms with Crippen molar-refractivity contribution in [1.82, 2.24) is 5.32 Å². The molecule has 0 saturated heterocycles. The molecule has 0 fully saturated rings. The Morgan fingerprint density at radius 2 is 1.76 bits per heavy atom. The van der Waals surface area contributed by atoms with Gasteiger partial charge >= 0.3 is 6.09 Å². The van der Waals surface area contributed by atoms with Crippen LogP contribution in [0.2, 0.25) is 0 Å². The third kappa shape index (κ3) is 6.46. The molecular weight excluding hydrogens is 223 g/mol. The van der Waals surface area contributed by atoms with Gasteiger partial charge in [0.1, 0.15) is 11.8 Å². The van der Waals surface area contributed by atoms with E-state index in [1.54, 1.807) is 20.8 Å². The molecule has 3 N–H and O–H groups in total. The molecule has 0 spiro atoms. The quantitative estimate of drug-likeness (QED) is 0.805. The molecule has 0 aliphatic rings. The van der Waals surface area contributed by atoms with Crippen molar-refractivity contribution in [3.8, 4) is 0 Å². The molecule has 0 saturated carbocycles. The van der Waals surface area contributed by atoms with Crippen LogP contribution in [0.5, 0.6) is 0 Å². The number of carbonyl (C=O) groups is 1. The first-order chi connectivity index (χ1) is 7.47. The monoisotopic (exact) mass is 248 g/mol. The summed E-state index contributed by atoms with van der Waals surface area (Å²) in [5.41, 5.74) is 4.29. The number of alkyl halides is 1. The van der Waals surface area contributed by atoms with Gasteiger partial charge < -0.3 is 15.8 Å². The summed E-state index contributed by atoms with van der Waals surface area (Å²) in [6.07, 6.45) is -1.91. The topological polar surface area (TPSA) is 64.3 Å². The molecule has 0 aliphatic carbocycles. The third-order valence-corrected chi connectivity index (χ3v) is 2.19. The smallest absolute Gasteiger partial charge is 0.407 e. The normalized spacial score (nSPS) is 16.2. The summed E-state index contributed by atoms with van der Waals surface area (Å²) < 4.78 is 18.8. The molecule has 0 aromatic heterocycles. The number of nitrogens with one attached hydrogen (secondary N) is 1.